The molecule has 19 heavy (non-hydrogen) atoms. The van der Waals surface area contributed by atoms with Gasteiger partial charge in [0.2, 0.25) is 0 Å². The van der Waals surface area contributed by atoms with E-state index in [9.17, 15) is 0 Å². The molecule has 0 aromatic carbocycles. The number of nitrogens with zero attached hydrogens (tertiary/aromatic N) is 3. The van der Waals surface area contributed by atoms with Crippen molar-refractivity contribution in [2.45, 2.75) is 19.4 Å². The molecule has 0 aliphatic rings. The fraction of sp³-hybridized carbons (Fsp3) is 0.286. The average Bonchev–Trinajstić information content (AvgIpc) is 3.07. The molecule has 0 amide bonds. The van der Waals surface area contributed by atoms with Crippen molar-refractivity contribution in [2.75, 3.05) is 6.54 Å². The molecule has 1 N–H and O–H groups in total. The summed E-state index contributed by atoms with van der Waals surface area (Å²) in [7, 11) is 0. The number of fused-ring (bicyclic) bond motifs is 1. The first-order chi connectivity index (χ1) is 9.38. The van der Waals surface area contributed by atoms with Gasteiger partial charge in [0.05, 0.1) is 30.4 Å². The van der Waals surface area contributed by atoms with Crippen molar-refractivity contribution >= 4 is 5.52 Å². The van der Waals surface area contributed by atoms with E-state index in [1.165, 1.54) is 5.56 Å². The Labute approximate surface area is 111 Å². The van der Waals surface area contributed by atoms with E-state index in [0.29, 0.717) is 0 Å². The second-order valence-electron chi connectivity index (χ2n) is 4.45. The van der Waals surface area contributed by atoms with Crippen molar-refractivity contribution in [3.8, 4) is 0 Å². The van der Waals surface area contributed by atoms with Crippen LogP contribution in [-0.2, 0) is 6.42 Å². The van der Waals surface area contributed by atoms with Crippen LogP contribution >= 0.6 is 0 Å². The third-order valence-electron chi connectivity index (χ3n) is 3.20. The van der Waals surface area contributed by atoms with Crippen LogP contribution in [0.1, 0.15) is 24.1 Å². The van der Waals surface area contributed by atoms with Gasteiger partial charge < -0.3 is 9.73 Å². The predicted molar refractivity (Wildman–Crippen MR) is 71.8 cm³/mol. The lowest BCUT2D eigenvalue weighted by molar-refractivity contribution is 0.537. The Balaban J connectivity index is 1.95. The van der Waals surface area contributed by atoms with Crippen molar-refractivity contribution in [3.05, 3.63) is 54.5 Å². The van der Waals surface area contributed by atoms with Gasteiger partial charge in [-0.25, -0.2) is 4.52 Å². The second-order valence-corrected chi connectivity index (χ2v) is 4.45. The van der Waals surface area contributed by atoms with Crippen LogP contribution in [0.5, 0.6) is 0 Å². The molecule has 3 rings (SSSR count). The van der Waals surface area contributed by atoms with Gasteiger partial charge in [0.15, 0.2) is 0 Å². The first-order valence-corrected chi connectivity index (χ1v) is 6.40. The third-order valence-corrected chi connectivity index (χ3v) is 3.20. The maximum absolute atomic E-state index is 5.14. The number of furan rings is 1. The van der Waals surface area contributed by atoms with E-state index in [1.54, 1.807) is 18.7 Å². The van der Waals surface area contributed by atoms with E-state index in [-0.39, 0.29) is 6.04 Å². The van der Waals surface area contributed by atoms with Gasteiger partial charge in [-0.2, -0.15) is 5.10 Å². The van der Waals surface area contributed by atoms with Crippen LogP contribution in [-0.4, -0.2) is 21.1 Å². The summed E-state index contributed by atoms with van der Waals surface area (Å²) >= 11 is 0. The van der Waals surface area contributed by atoms with Gasteiger partial charge in [0.1, 0.15) is 0 Å². The van der Waals surface area contributed by atoms with Crippen molar-refractivity contribution in [2.24, 2.45) is 0 Å². The van der Waals surface area contributed by atoms with Gasteiger partial charge in [-0.15, -0.1) is 0 Å². The molecule has 0 spiro atoms. The number of rotatable bonds is 5. The molecule has 98 valence electrons. The molecule has 0 aliphatic heterocycles. The highest BCUT2D eigenvalue weighted by Crippen LogP contribution is 2.22. The van der Waals surface area contributed by atoms with Crippen LogP contribution in [0.4, 0.5) is 0 Å². The van der Waals surface area contributed by atoms with Gasteiger partial charge in [-0.05, 0) is 24.6 Å². The van der Waals surface area contributed by atoms with Crippen LogP contribution < -0.4 is 5.32 Å². The predicted octanol–water partition coefficient (Wildman–Crippen LogP) is 2.22. The maximum atomic E-state index is 5.14. The summed E-state index contributed by atoms with van der Waals surface area (Å²) in [4.78, 5) is 4.18. The topological polar surface area (TPSA) is 55.4 Å². The lowest BCUT2D eigenvalue weighted by Gasteiger charge is -2.16. The van der Waals surface area contributed by atoms with Crippen LogP contribution in [0.3, 0.4) is 0 Å². The summed E-state index contributed by atoms with van der Waals surface area (Å²) in [5.74, 6) is 0. The lowest BCUT2D eigenvalue weighted by atomic mass is 10.0. The average molecular weight is 256 g/mol. The molecule has 5 nitrogen and oxygen atoms in total. The second kappa shape index (κ2) is 5.24. The zero-order valence-electron chi connectivity index (χ0n) is 10.8. The fourth-order valence-electron chi connectivity index (χ4n) is 2.30. The standard InChI is InChI=1S/C14H16N4O/c1-2-16-13(7-11-3-6-19-10-11)12-8-17-18-5-4-15-9-14(12)18/h3-6,8-10,13,16H,2,7H2,1H3. The molecular formula is C14H16N4O. The summed E-state index contributed by atoms with van der Waals surface area (Å²) in [5.41, 5.74) is 3.38. The quantitative estimate of drug-likeness (QED) is 0.760. The smallest absolute Gasteiger partial charge is 0.0935 e. The van der Waals surface area contributed by atoms with E-state index in [0.717, 1.165) is 24.0 Å². The minimum Gasteiger partial charge on any atom is -0.472 e. The Morgan fingerprint density at radius 2 is 2.37 bits per heavy atom. The molecule has 1 atom stereocenters. The van der Waals surface area contributed by atoms with E-state index < -0.39 is 0 Å². The molecular weight excluding hydrogens is 240 g/mol. The third kappa shape index (κ3) is 2.37. The maximum Gasteiger partial charge on any atom is 0.0935 e. The van der Waals surface area contributed by atoms with Crippen molar-refractivity contribution in [3.63, 3.8) is 0 Å². The molecule has 0 bridgehead atoms. The van der Waals surface area contributed by atoms with Crippen LogP contribution in [0.15, 0.2) is 47.8 Å². The van der Waals surface area contributed by atoms with Gasteiger partial charge in [0.25, 0.3) is 0 Å². The molecule has 3 aromatic rings. The molecule has 0 radical (unpaired) electrons. The lowest BCUT2D eigenvalue weighted by Crippen LogP contribution is -2.22. The molecule has 3 heterocycles. The Morgan fingerprint density at radius 3 is 3.16 bits per heavy atom. The molecule has 0 saturated heterocycles. The summed E-state index contributed by atoms with van der Waals surface area (Å²) in [6.45, 7) is 3.01. The molecule has 5 heteroatoms. The largest absolute Gasteiger partial charge is 0.472 e. The molecule has 0 aliphatic carbocycles. The SMILES string of the molecule is CCNC(Cc1ccoc1)c1cnn2ccncc12. The van der Waals surface area contributed by atoms with Crippen LogP contribution in [0, 0.1) is 0 Å². The van der Waals surface area contributed by atoms with Crippen molar-refractivity contribution in [1.29, 1.82) is 0 Å². The molecule has 3 aromatic heterocycles. The van der Waals surface area contributed by atoms with E-state index >= 15 is 0 Å². The first-order valence-electron chi connectivity index (χ1n) is 6.40. The van der Waals surface area contributed by atoms with E-state index in [1.807, 2.05) is 29.2 Å². The number of hydrogen-bond donors (Lipinski definition) is 1. The van der Waals surface area contributed by atoms with Crippen LogP contribution in [0.2, 0.25) is 0 Å². The van der Waals surface area contributed by atoms with Crippen LogP contribution in [0.25, 0.3) is 5.52 Å². The zero-order valence-corrected chi connectivity index (χ0v) is 10.8. The fourth-order valence-corrected chi connectivity index (χ4v) is 2.30. The monoisotopic (exact) mass is 256 g/mol. The Morgan fingerprint density at radius 1 is 1.42 bits per heavy atom. The number of aromatic nitrogens is 3. The van der Waals surface area contributed by atoms with Gasteiger partial charge in [0, 0.05) is 24.0 Å². The molecule has 1 unspecified atom stereocenters. The summed E-state index contributed by atoms with van der Waals surface area (Å²) < 4.78 is 6.99. The van der Waals surface area contributed by atoms with Gasteiger partial charge in [-0.3, -0.25) is 4.98 Å². The minimum atomic E-state index is 0.212. The van der Waals surface area contributed by atoms with Crippen molar-refractivity contribution < 1.29 is 4.42 Å². The first kappa shape index (κ1) is 11.9. The Hall–Kier alpha value is -2.14. The van der Waals surface area contributed by atoms with Gasteiger partial charge >= 0.3 is 0 Å². The normalized spacial score (nSPS) is 12.9. The number of likely N-dealkylation sites (N-methyl/N-ethyl adjacent to an activating group) is 1. The summed E-state index contributed by atoms with van der Waals surface area (Å²) in [6.07, 6.45) is 11.7. The zero-order chi connectivity index (χ0) is 13.1. The Bertz CT molecular complexity index is 644. The summed E-state index contributed by atoms with van der Waals surface area (Å²) in [5, 5.41) is 7.86. The summed E-state index contributed by atoms with van der Waals surface area (Å²) in [6, 6.07) is 2.21. The highest BCUT2D eigenvalue weighted by atomic mass is 16.3. The van der Waals surface area contributed by atoms with E-state index in [2.05, 4.69) is 22.3 Å². The minimum absolute atomic E-state index is 0.212. The molecule has 0 saturated carbocycles. The Kier molecular flexibility index (Phi) is 3.29. The number of hydrogen-bond acceptors (Lipinski definition) is 4. The van der Waals surface area contributed by atoms with Gasteiger partial charge in [-0.1, -0.05) is 6.92 Å². The number of nitrogens with one attached hydrogen (secondary N) is 1. The highest BCUT2D eigenvalue weighted by Gasteiger charge is 2.16. The van der Waals surface area contributed by atoms with Crippen molar-refractivity contribution in [1.82, 2.24) is 19.9 Å². The highest BCUT2D eigenvalue weighted by molar-refractivity contribution is 5.53. The van der Waals surface area contributed by atoms with E-state index in [4.69, 9.17) is 4.42 Å². The molecule has 0 fully saturated rings.